The molecule has 78 valence electrons. The van der Waals surface area contributed by atoms with Crippen molar-refractivity contribution < 1.29 is 13.2 Å². The molecule has 0 aromatic heterocycles. The number of hydrogen-bond donors (Lipinski definition) is 1. The van der Waals surface area contributed by atoms with Gasteiger partial charge < -0.3 is 5.73 Å². The lowest BCUT2D eigenvalue weighted by Gasteiger charge is -2.11. The first-order valence-corrected chi connectivity index (χ1v) is 4.30. The molecule has 0 spiro atoms. The highest BCUT2D eigenvalue weighted by atomic mass is 35.5. The van der Waals surface area contributed by atoms with Crippen LogP contribution >= 0.6 is 11.6 Å². The lowest BCUT2D eigenvalue weighted by atomic mass is 10.0. The molecule has 0 unspecified atom stereocenters. The molecule has 0 radical (unpaired) electrons. The predicted molar refractivity (Wildman–Crippen MR) is 49.1 cm³/mol. The fourth-order valence-electron chi connectivity index (χ4n) is 1.11. The SMILES string of the molecule is Cc1c(Cl)cc(C(F)(F)F)cc1CN. The van der Waals surface area contributed by atoms with Crippen LogP contribution in [-0.2, 0) is 12.7 Å². The number of halogens is 4. The molecule has 2 N–H and O–H groups in total. The standard InChI is InChI=1S/C9H9ClF3N/c1-5-6(4-14)2-7(3-8(5)10)9(11,12)13/h2-3H,4,14H2,1H3. The van der Waals surface area contributed by atoms with E-state index in [1.807, 2.05) is 0 Å². The van der Waals surface area contributed by atoms with Gasteiger partial charge in [-0.2, -0.15) is 13.2 Å². The lowest BCUT2D eigenvalue weighted by Crippen LogP contribution is -2.08. The minimum absolute atomic E-state index is 0.0511. The molecule has 1 rings (SSSR count). The van der Waals surface area contributed by atoms with Gasteiger partial charge in [-0.05, 0) is 30.2 Å². The molecule has 0 aliphatic carbocycles. The van der Waals surface area contributed by atoms with Crippen molar-refractivity contribution in [2.24, 2.45) is 5.73 Å². The number of nitrogens with two attached hydrogens (primary N) is 1. The van der Waals surface area contributed by atoms with E-state index < -0.39 is 11.7 Å². The summed E-state index contributed by atoms with van der Waals surface area (Å²) in [5.41, 5.74) is 5.57. The molecule has 5 heteroatoms. The third-order valence-corrected chi connectivity index (χ3v) is 2.39. The number of rotatable bonds is 1. The van der Waals surface area contributed by atoms with Crippen molar-refractivity contribution in [1.82, 2.24) is 0 Å². The topological polar surface area (TPSA) is 26.0 Å². The van der Waals surface area contributed by atoms with Crippen LogP contribution in [0.4, 0.5) is 13.2 Å². The maximum Gasteiger partial charge on any atom is 0.416 e. The number of benzene rings is 1. The number of alkyl halides is 3. The van der Waals surface area contributed by atoms with Gasteiger partial charge in [0, 0.05) is 11.6 Å². The monoisotopic (exact) mass is 223 g/mol. The Labute approximate surface area is 84.7 Å². The highest BCUT2D eigenvalue weighted by Crippen LogP contribution is 2.33. The van der Waals surface area contributed by atoms with Crippen molar-refractivity contribution in [3.05, 3.63) is 33.8 Å². The molecule has 0 aliphatic heterocycles. The lowest BCUT2D eigenvalue weighted by molar-refractivity contribution is -0.137. The maximum atomic E-state index is 12.3. The van der Waals surface area contributed by atoms with Crippen molar-refractivity contribution in [1.29, 1.82) is 0 Å². The third-order valence-electron chi connectivity index (χ3n) is 2.00. The van der Waals surface area contributed by atoms with E-state index in [-0.39, 0.29) is 11.6 Å². The van der Waals surface area contributed by atoms with E-state index >= 15 is 0 Å². The van der Waals surface area contributed by atoms with Crippen LogP contribution in [-0.4, -0.2) is 0 Å². The maximum absolute atomic E-state index is 12.3. The summed E-state index contributed by atoms with van der Waals surface area (Å²) in [6.07, 6.45) is -4.37. The van der Waals surface area contributed by atoms with Gasteiger partial charge in [0.25, 0.3) is 0 Å². The molecule has 1 nitrogen and oxygen atoms in total. The molecule has 0 heterocycles. The predicted octanol–water partition coefficient (Wildman–Crippen LogP) is 3.13. The van der Waals surface area contributed by atoms with Gasteiger partial charge >= 0.3 is 6.18 Å². The van der Waals surface area contributed by atoms with Crippen molar-refractivity contribution in [2.45, 2.75) is 19.6 Å². The normalized spacial score (nSPS) is 11.9. The van der Waals surface area contributed by atoms with Crippen LogP contribution < -0.4 is 5.73 Å². The molecule has 0 saturated carbocycles. The molecule has 14 heavy (non-hydrogen) atoms. The quantitative estimate of drug-likeness (QED) is 0.778. The highest BCUT2D eigenvalue weighted by molar-refractivity contribution is 6.31. The second kappa shape index (κ2) is 3.79. The van der Waals surface area contributed by atoms with Gasteiger partial charge in [-0.15, -0.1) is 0 Å². The van der Waals surface area contributed by atoms with Crippen molar-refractivity contribution in [2.75, 3.05) is 0 Å². The minimum Gasteiger partial charge on any atom is -0.326 e. The Hall–Kier alpha value is -0.740. The van der Waals surface area contributed by atoms with Crippen LogP contribution in [0.2, 0.25) is 5.02 Å². The molecule has 0 amide bonds. The Morgan fingerprint density at radius 3 is 2.36 bits per heavy atom. The molecule has 0 atom stereocenters. The average molecular weight is 224 g/mol. The second-order valence-electron chi connectivity index (χ2n) is 2.94. The van der Waals surface area contributed by atoms with Crippen LogP contribution in [0.3, 0.4) is 0 Å². The van der Waals surface area contributed by atoms with E-state index in [9.17, 15) is 13.2 Å². The van der Waals surface area contributed by atoms with Crippen molar-refractivity contribution in [3.8, 4) is 0 Å². The van der Waals surface area contributed by atoms with Crippen LogP contribution in [0.1, 0.15) is 16.7 Å². The molecule has 0 bridgehead atoms. The summed E-state index contributed by atoms with van der Waals surface area (Å²) in [5.74, 6) is 0. The van der Waals surface area contributed by atoms with Gasteiger partial charge in [-0.3, -0.25) is 0 Å². The highest BCUT2D eigenvalue weighted by Gasteiger charge is 2.31. The Kier molecular flexibility index (Phi) is 3.07. The van der Waals surface area contributed by atoms with Gasteiger partial charge in [-0.25, -0.2) is 0 Å². The Morgan fingerprint density at radius 2 is 1.93 bits per heavy atom. The van der Waals surface area contributed by atoms with E-state index in [0.29, 0.717) is 11.1 Å². The Bertz CT molecular complexity index is 347. The summed E-state index contributed by atoms with van der Waals surface area (Å²) in [7, 11) is 0. The first-order chi connectivity index (χ1) is 6.36. The summed E-state index contributed by atoms with van der Waals surface area (Å²) in [6.45, 7) is 1.69. The van der Waals surface area contributed by atoms with E-state index in [0.717, 1.165) is 12.1 Å². The first-order valence-electron chi connectivity index (χ1n) is 3.92. The van der Waals surface area contributed by atoms with E-state index in [4.69, 9.17) is 17.3 Å². The van der Waals surface area contributed by atoms with E-state index in [2.05, 4.69) is 0 Å². The summed E-state index contributed by atoms with van der Waals surface area (Å²) < 4.78 is 36.9. The zero-order valence-corrected chi connectivity index (χ0v) is 8.21. The van der Waals surface area contributed by atoms with E-state index in [1.165, 1.54) is 0 Å². The fourth-order valence-corrected chi connectivity index (χ4v) is 1.35. The van der Waals surface area contributed by atoms with Crippen molar-refractivity contribution >= 4 is 11.6 Å². The molecular weight excluding hydrogens is 215 g/mol. The smallest absolute Gasteiger partial charge is 0.326 e. The van der Waals surface area contributed by atoms with Gasteiger partial charge in [0.15, 0.2) is 0 Å². The number of hydrogen-bond acceptors (Lipinski definition) is 1. The van der Waals surface area contributed by atoms with E-state index in [1.54, 1.807) is 6.92 Å². The fraction of sp³-hybridized carbons (Fsp3) is 0.333. The van der Waals surface area contributed by atoms with Crippen LogP contribution in [0, 0.1) is 6.92 Å². The zero-order chi connectivity index (χ0) is 10.9. The third kappa shape index (κ3) is 2.19. The van der Waals surface area contributed by atoms with Gasteiger partial charge in [-0.1, -0.05) is 11.6 Å². The Morgan fingerprint density at radius 1 is 1.36 bits per heavy atom. The van der Waals surface area contributed by atoms with Gasteiger partial charge in [0.1, 0.15) is 0 Å². The van der Waals surface area contributed by atoms with Crippen LogP contribution in [0.5, 0.6) is 0 Å². The molecule has 1 aromatic rings. The molecule has 0 saturated heterocycles. The second-order valence-corrected chi connectivity index (χ2v) is 3.35. The van der Waals surface area contributed by atoms with Crippen LogP contribution in [0.25, 0.3) is 0 Å². The molecule has 0 fully saturated rings. The summed E-state index contributed by atoms with van der Waals surface area (Å²) in [4.78, 5) is 0. The summed E-state index contributed by atoms with van der Waals surface area (Å²) in [6, 6.07) is 1.94. The first kappa shape index (κ1) is 11.3. The molecule has 1 aromatic carbocycles. The van der Waals surface area contributed by atoms with Gasteiger partial charge in [0.05, 0.1) is 5.56 Å². The average Bonchev–Trinajstić information content (AvgIpc) is 2.07. The van der Waals surface area contributed by atoms with Crippen LogP contribution in [0.15, 0.2) is 12.1 Å². The van der Waals surface area contributed by atoms with Gasteiger partial charge in [0.2, 0.25) is 0 Å². The minimum atomic E-state index is -4.37. The summed E-state index contributed by atoms with van der Waals surface area (Å²) >= 11 is 5.65. The zero-order valence-electron chi connectivity index (χ0n) is 7.45. The molecular formula is C9H9ClF3N. The Balaban J connectivity index is 3.30. The largest absolute Gasteiger partial charge is 0.416 e. The van der Waals surface area contributed by atoms with Crippen molar-refractivity contribution in [3.63, 3.8) is 0 Å². The molecule has 0 aliphatic rings. The summed E-state index contributed by atoms with van der Waals surface area (Å²) in [5, 5.41) is 0.0975.